The Hall–Kier alpha value is -2.57. The van der Waals surface area contributed by atoms with Crippen LogP contribution in [0.3, 0.4) is 0 Å². The molecule has 1 saturated carbocycles. The smallest absolute Gasteiger partial charge is 0.408 e. The summed E-state index contributed by atoms with van der Waals surface area (Å²) < 4.78 is 5.31. The number of rotatable bonds is 9. The molecule has 32 heavy (non-hydrogen) atoms. The molecule has 178 valence electrons. The molecule has 2 rings (SSSR count). The minimum atomic E-state index is -0.826. The van der Waals surface area contributed by atoms with Crippen LogP contribution in [0, 0.1) is 12.8 Å². The fraction of sp³-hybridized carbons (Fsp3) is 0.640. The highest BCUT2D eigenvalue weighted by molar-refractivity contribution is 5.92. The van der Waals surface area contributed by atoms with Gasteiger partial charge in [-0.25, -0.2) is 4.79 Å². The molecule has 2 N–H and O–H groups in total. The van der Waals surface area contributed by atoms with Gasteiger partial charge in [-0.1, -0.05) is 44.5 Å². The van der Waals surface area contributed by atoms with E-state index < -0.39 is 23.8 Å². The normalized spacial score (nSPS) is 19.5. The van der Waals surface area contributed by atoms with Crippen LogP contribution in [0.5, 0.6) is 0 Å². The SMILES string of the molecule is CCCCNC(=O)C(c1ccccc1C)N(C(=O)C(C)NC(=O)OC(C)(C)C)C1CC1C. The predicted molar refractivity (Wildman–Crippen MR) is 125 cm³/mol. The van der Waals surface area contributed by atoms with Gasteiger partial charge in [0.1, 0.15) is 17.7 Å². The number of carbonyl (C=O) groups excluding carboxylic acids is 3. The van der Waals surface area contributed by atoms with Crippen molar-refractivity contribution >= 4 is 17.9 Å². The highest BCUT2D eigenvalue weighted by Gasteiger charge is 2.47. The molecule has 4 atom stereocenters. The van der Waals surface area contributed by atoms with E-state index in [4.69, 9.17) is 4.74 Å². The number of hydrogen-bond acceptors (Lipinski definition) is 4. The second kappa shape index (κ2) is 10.8. The molecule has 1 aliphatic rings. The number of amides is 3. The molecular weight excluding hydrogens is 406 g/mol. The molecule has 0 spiro atoms. The third-order valence-electron chi connectivity index (χ3n) is 5.62. The molecule has 0 heterocycles. The van der Waals surface area contributed by atoms with E-state index >= 15 is 0 Å². The van der Waals surface area contributed by atoms with E-state index in [1.54, 1.807) is 32.6 Å². The van der Waals surface area contributed by atoms with Crippen molar-refractivity contribution in [2.45, 2.75) is 91.5 Å². The fourth-order valence-electron chi connectivity index (χ4n) is 3.74. The molecular formula is C25H39N3O4. The van der Waals surface area contributed by atoms with Crippen LogP contribution in [0.25, 0.3) is 0 Å². The largest absolute Gasteiger partial charge is 0.444 e. The zero-order valence-corrected chi connectivity index (χ0v) is 20.5. The summed E-state index contributed by atoms with van der Waals surface area (Å²) >= 11 is 0. The lowest BCUT2D eigenvalue weighted by Gasteiger charge is -2.35. The van der Waals surface area contributed by atoms with Crippen molar-refractivity contribution in [3.05, 3.63) is 35.4 Å². The number of hydrogen-bond donors (Lipinski definition) is 2. The van der Waals surface area contributed by atoms with Crippen molar-refractivity contribution in [3.63, 3.8) is 0 Å². The fourth-order valence-corrected chi connectivity index (χ4v) is 3.74. The van der Waals surface area contributed by atoms with Crippen LogP contribution in [-0.2, 0) is 14.3 Å². The molecule has 0 aromatic heterocycles. The maximum Gasteiger partial charge on any atom is 0.408 e. The van der Waals surface area contributed by atoms with Gasteiger partial charge < -0.3 is 20.3 Å². The third kappa shape index (κ3) is 6.97. The van der Waals surface area contributed by atoms with Crippen molar-refractivity contribution < 1.29 is 19.1 Å². The molecule has 0 bridgehead atoms. The molecule has 7 nitrogen and oxygen atoms in total. The van der Waals surface area contributed by atoms with E-state index in [2.05, 4.69) is 24.5 Å². The maximum atomic E-state index is 13.6. The van der Waals surface area contributed by atoms with Gasteiger partial charge in [0.15, 0.2) is 0 Å². The molecule has 7 heteroatoms. The maximum absolute atomic E-state index is 13.6. The highest BCUT2D eigenvalue weighted by atomic mass is 16.6. The molecule has 3 amide bonds. The second-order valence-corrected chi connectivity index (χ2v) is 9.80. The molecule has 1 fully saturated rings. The summed E-state index contributed by atoms with van der Waals surface area (Å²) in [5, 5.41) is 5.65. The first-order valence-electron chi connectivity index (χ1n) is 11.6. The Morgan fingerprint density at radius 3 is 2.38 bits per heavy atom. The molecule has 0 saturated heterocycles. The van der Waals surface area contributed by atoms with Gasteiger partial charge in [0.25, 0.3) is 0 Å². The average Bonchev–Trinajstić information content (AvgIpc) is 3.40. The molecule has 0 aliphatic heterocycles. The first kappa shape index (κ1) is 25.7. The topological polar surface area (TPSA) is 87.7 Å². The molecule has 0 radical (unpaired) electrons. The van der Waals surface area contributed by atoms with Crippen molar-refractivity contribution in [2.75, 3.05) is 6.54 Å². The van der Waals surface area contributed by atoms with Gasteiger partial charge in [-0.2, -0.15) is 0 Å². The van der Waals surface area contributed by atoms with Crippen LogP contribution in [-0.4, -0.2) is 47.0 Å². The Morgan fingerprint density at radius 2 is 1.84 bits per heavy atom. The zero-order valence-electron chi connectivity index (χ0n) is 20.5. The lowest BCUT2D eigenvalue weighted by atomic mass is 9.98. The van der Waals surface area contributed by atoms with Crippen molar-refractivity contribution in [1.29, 1.82) is 0 Å². The summed E-state index contributed by atoms with van der Waals surface area (Å²) in [7, 11) is 0. The Balaban J connectivity index is 2.34. The van der Waals surface area contributed by atoms with Gasteiger partial charge in [-0.3, -0.25) is 9.59 Å². The average molecular weight is 446 g/mol. The van der Waals surface area contributed by atoms with Crippen molar-refractivity contribution in [2.24, 2.45) is 5.92 Å². The van der Waals surface area contributed by atoms with Gasteiger partial charge in [-0.15, -0.1) is 0 Å². The number of aryl methyl sites for hydroxylation is 1. The first-order valence-corrected chi connectivity index (χ1v) is 11.6. The molecule has 1 aliphatic carbocycles. The van der Waals surface area contributed by atoms with E-state index in [1.807, 2.05) is 31.2 Å². The Kier molecular flexibility index (Phi) is 8.70. The van der Waals surface area contributed by atoms with E-state index in [0.29, 0.717) is 12.5 Å². The summed E-state index contributed by atoms with van der Waals surface area (Å²) in [5.74, 6) is -0.184. The van der Waals surface area contributed by atoms with Crippen molar-refractivity contribution in [1.82, 2.24) is 15.5 Å². The summed E-state index contributed by atoms with van der Waals surface area (Å²) in [6.45, 7) is 13.6. The minimum Gasteiger partial charge on any atom is -0.444 e. The number of benzene rings is 1. The number of nitrogens with one attached hydrogen (secondary N) is 2. The van der Waals surface area contributed by atoms with Crippen molar-refractivity contribution in [3.8, 4) is 0 Å². The van der Waals surface area contributed by atoms with Gasteiger partial charge in [-0.05, 0) is 64.5 Å². The van der Waals surface area contributed by atoms with Crippen LogP contribution in [0.2, 0.25) is 0 Å². The summed E-state index contributed by atoms with van der Waals surface area (Å²) in [5.41, 5.74) is 1.08. The van der Waals surface area contributed by atoms with Crippen LogP contribution in [0.1, 0.15) is 78.0 Å². The van der Waals surface area contributed by atoms with Crippen LogP contribution in [0.15, 0.2) is 24.3 Å². The van der Waals surface area contributed by atoms with Gasteiger partial charge >= 0.3 is 6.09 Å². The quantitative estimate of drug-likeness (QED) is 0.560. The van der Waals surface area contributed by atoms with E-state index in [1.165, 1.54) is 0 Å². The molecule has 1 aromatic rings. The van der Waals surface area contributed by atoms with Crippen LogP contribution in [0.4, 0.5) is 4.79 Å². The molecule has 1 aromatic carbocycles. The standard InChI is InChI=1S/C25H39N3O4/c1-8-9-14-26-22(29)21(19-13-11-10-12-16(19)2)28(20-15-17(20)3)23(30)18(4)27-24(31)32-25(5,6)7/h10-13,17-18,20-21H,8-9,14-15H2,1-7H3,(H,26,29)(H,27,31). The number of alkyl carbamates (subject to hydrolysis) is 1. The zero-order chi connectivity index (χ0) is 24.1. The number of ether oxygens (including phenoxy) is 1. The van der Waals surface area contributed by atoms with Crippen LogP contribution >= 0.6 is 0 Å². The Labute approximate surface area is 192 Å². The van der Waals surface area contributed by atoms with E-state index in [9.17, 15) is 14.4 Å². The first-order chi connectivity index (χ1) is 15.0. The lowest BCUT2D eigenvalue weighted by Crippen LogP contribution is -2.53. The van der Waals surface area contributed by atoms with Crippen LogP contribution < -0.4 is 10.6 Å². The van der Waals surface area contributed by atoms with Gasteiger partial charge in [0.05, 0.1) is 0 Å². The van der Waals surface area contributed by atoms with Gasteiger partial charge in [0.2, 0.25) is 11.8 Å². The highest BCUT2D eigenvalue weighted by Crippen LogP contribution is 2.41. The van der Waals surface area contributed by atoms with E-state index in [0.717, 1.165) is 30.4 Å². The number of nitrogens with zero attached hydrogens (tertiary/aromatic N) is 1. The second-order valence-electron chi connectivity index (χ2n) is 9.80. The summed E-state index contributed by atoms with van der Waals surface area (Å²) in [6.07, 6.45) is 2.02. The third-order valence-corrected chi connectivity index (χ3v) is 5.62. The molecule has 4 unspecified atom stereocenters. The summed E-state index contributed by atoms with van der Waals surface area (Å²) in [6, 6.07) is 6.03. The Bertz CT molecular complexity index is 818. The lowest BCUT2D eigenvalue weighted by molar-refractivity contribution is -0.143. The Morgan fingerprint density at radius 1 is 1.22 bits per heavy atom. The van der Waals surface area contributed by atoms with Gasteiger partial charge in [0, 0.05) is 12.6 Å². The number of carbonyl (C=O) groups is 3. The monoisotopic (exact) mass is 445 g/mol. The number of unbranched alkanes of at least 4 members (excludes halogenated alkanes) is 1. The van der Waals surface area contributed by atoms with E-state index in [-0.39, 0.29) is 17.9 Å². The minimum absolute atomic E-state index is 0.0492. The predicted octanol–water partition coefficient (Wildman–Crippen LogP) is 4.10. The summed E-state index contributed by atoms with van der Waals surface area (Å²) in [4.78, 5) is 40.9.